The first-order chi connectivity index (χ1) is 9.08. The number of benzene rings is 1. The highest BCUT2D eigenvalue weighted by atomic mass is 32.1. The normalized spacial score (nSPS) is 16.6. The van der Waals surface area contributed by atoms with E-state index in [0.29, 0.717) is 16.8 Å². The van der Waals surface area contributed by atoms with Gasteiger partial charge in [0.25, 0.3) is 0 Å². The number of aliphatic hydroxyl groups excluding tert-OH is 1. The minimum atomic E-state index is -0.395. The van der Waals surface area contributed by atoms with Crippen molar-refractivity contribution in [2.75, 3.05) is 25.0 Å². The molecule has 6 heteroatoms. The number of hydrogen-bond donors (Lipinski definition) is 2. The van der Waals surface area contributed by atoms with E-state index in [4.69, 9.17) is 24.4 Å². The van der Waals surface area contributed by atoms with Gasteiger partial charge in [0.15, 0.2) is 10.2 Å². The molecule has 2 rings (SSSR count). The molecular formula is C13H17N3OS2. The lowest BCUT2D eigenvalue weighted by molar-refractivity contribution is 0.164. The summed E-state index contributed by atoms with van der Waals surface area (Å²) in [4.78, 5) is 3.86. The van der Waals surface area contributed by atoms with Crippen LogP contribution in [0.4, 0.5) is 5.69 Å². The van der Waals surface area contributed by atoms with Crippen LogP contribution in [0.1, 0.15) is 6.92 Å². The number of aliphatic hydroxyl groups is 1. The molecule has 1 fully saturated rings. The summed E-state index contributed by atoms with van der Waals surface area (Å²) >= 11 is 10.8. The standard InChI is InChI=1S/C13H17N3OS2/c1-10(17)9-15-7-8-16(13(15)19)12(18)14-11-5-3-2-4-6-11/h2-6,10,17H,7-9H2,1H3,(H,14,18). The number of β-amino-alcohol motifs (C(OH)–C–C–N with tert-alkyl or cyclic N) is 1. The van der Waals surface area contributed by atoms with E-state index in [-0.39, 0.29) is 0 Å². The molecule has 1 aliphatic rings. The topological polar surface area (TPSA) is 38.7 Å². The Labute approximate surface area is 124 Å². The van der Waals surface area contributed by atoms with E-state index in [1.807, 2.05) is 40.1 Å². The molecule has 102 valence electrons. The van der Waals surface area contributed by atoms with Crippen LogP contribution in [0.2, 0.25) is 0 Å². The third-order valence-corrected chi connectivity index (χ3v) is 3.65. The molecule has 19 heavy (non-hydrogen) atoms. The minimum absolute atomic E-state index is 0.395. The van der Waals surface area contributed by atoms with Crippen molar-refractivity contribution in [3.05, 3.63) is 30.3 Å². The van der Waals surface area contributed by atoms with Gasteiger partial charge in [-0.25, -0.2) is 0 Å². The molecule has 0 aromatic heterocycles. The number of rotatable bonds is 3. The highest BCUT2D eigenvalue weighted by Crippen LogP contribution is 2.13. The zero-order valence-corrected chi connectivity index (χ0v) is 12.4. The van der Waals surface area contributed by atoms with Crippen molar-refractivity contribution in [2.45, 2.75) is 13.0 Å². The Balaban J connectivity index is 1.96. The molecule has 1 saturated heterocycles. The van der Waals surface area contributed by atoms with Crippen molar-refractivity contribution in [1.82, 2.24) is 9.80 Å². The Morgan fingerprint density at radius 3 is 2.68 bits per heavy atom. The zero-order valence-electron chi connectivity index (χ0n) is 10.7. The van der Waals surface area contributed by atoms with Gasteiger partial charge in [-0.15, -0.1) is 0 Å². The molecule has 1 aromatic carbocycles. The van der Waals surface area contributed by atoms with E-state index in [9.17, 15) is 5.11 Å². The van der Waals surface area contributed by atoms with Crippen LogP contribution in [-0.2, 0) is 0 Å². The predicted octanol–water partition coefficient (Wildman–Crippen LogP) is 1.67. The average molecular weight is 295 g/mol. The lowest BCUT2D eigenvalue weighted by Crippen LogP contribution is -2.40. The maximum absolute atomic E-state index is 9.42. The van der Waals surface area contributed by atoms with Crippen molar-refractivity contribution in [3.8, 4) is 0 Å². The summed E-state index contributed by atoms with van der Waals surface area (Å²) in [6, 6.07) is 9.77. The van der Waals surface area contributed by atoms with Crippen molar-refractivity contribution < 1.29 is 5.11 Å². The number of para-hydroxylation sites is 1. The molecule has 0 spiro atoms. The molecule has 0 radical (unpaired) electrons. The van der Waals surface area contributed by atoms with E-state index in [2.05, 4.69) is 5.32 Å². The fourth-order valence-corrected chi connectivity index (χ4v) is 2.67. The van der Waals surface area contributed by atoms with Gasteiger partial charge in [-0.05, 0) is 43.5 Å². The lowest BCUT2D eigenvalue weighted by Gasteiger charge is -2.23. The summed E-state index contributed by atoms with van der Waals surface area (Å²) in [6.45, 7) is 3.85. The lowest BCUT2D eigenvalue weighted by atomic mass is 10.3. The molecule has 1 unspecified atom stereocenters. The van der Waals surface area contributed by atoms with Crippen LogP contribution in [0.25, 0.3) is 0 Å². The SMILES string of the molecule is CC(O)CN1CCN(C(=S)Nc2ccccc2)C1=S. The van der Waals surface area contributed by atoms with Gasteiger partial charge in [-0.2, -0.15) is 0 Å². The highest BCUT2D eigenvalue weighted by molar-refractivity contribution is 7.82. The minimum Gasteiger partial charge on any atom is -0.392 e. The van der Waals surface area contributed by atoms with Crippen LogP contribution in [-0.4, -0.2) is 50.9 Å². The van der Waals surface area contributed by atoms with Crippen LogP contribution in [0.3, 0.4) is 0 Å². The van der Waals surface area contributed by atoms with Gasteiger partial charge in [-0.1, -0.05) is 18.2 Å². The molecule has 1 aliphatic heterocycles. The van der Waals surface area contributed by atoms with Gasteiger partial charge in [-0.3, -0.25) is 4.90 Å². The Kier molecular flexibility index (Phi) is 4.68. The number of thiocarbonyl (C=S) groups is 2. The summed E-state index contributed by atoms with van der Waals surface area (Å²) in [5.74, 6) is 0. The van der Waals surface area contributed by atoms with Crippen LogP contribution in [0.5, 0.6) is 0 Å². The highest BCUT2D eigenvalue weighted by Gasteiger charge is 2.28. The van der Waals surface area contributed by atoms with Gasteiger partial charge < -0.3 is 15.3 Å². The molecule has 1 atom stereocenters. The van der Waals surface area contributed by atoms with E-state index >= 15 is 0 Å². The van der Waals surface area contributed by atoms with Crippen LogP contribution < -0.4 is 5.32 Å². The number of nitrogens with one attached hydrogen (secondary N) is 1. The molecule has 0 saturated carbocycles. The van der Waals surface area contributed by atoms with E-state index in [0.717, 1.165) is 18.8 Å². The number of hydrogen-bond acceptors (Lipinski definition) is 3. The summed E-state index contributed by atoms with van der Waals surface area (Å²) in [5, 5.41) is 13.9. The zero-order chi connectivity index (χ0) is 13.8. The fourth-order valence-electron chi connectivity index (χ4n) is 1.97. The average Bonchev–Trinajstić information content (AvgIpc) is 2.72. The van der Waals surface area contributed by atoms with E-state index in [1.165, 1.54) is 0 Å². The largest absolute Gasteiger partial charge is 0.392 e. The Morgan fingerprint density at radius 2 is 2.05 bits per heavy atom. The Hall–Kier alpha value is -1.24. The quantitative estimate of drug-likeness (QED) is 0.827. The van der Waals surface area contributed by atoms with Crippen molar-refractivity contribution in [3.63, 3.8) is 0 Å². The third-order valence-electron chi connectivity index (χ3n) is 2.85. The second-order valence-corrected chi connectivity index (χ2v) is 5.28. The van der Waals surface area contributed by atoms with Gasteiger partial charge in [0, 0.05) is 25.3 Å². The van der Waals surface area contributed by atoms with E-state index < -0.39 is 6.10 Å². The van der Waals surface area contributed by atoms with Crippen LogP contribution in [0.15, 0.2) is 30.3 Å². The van der Waals surface area contributed by atoms with Gasteiger partial charge in [0.2, 0.25) is 0 Å². The Bertz CT molecular complexity index is 464. The molecule has 1 aromatic rings. The maximum atomic E-state index is 9.42. The van der Waals surface area contributed by atoms with Crippen molar-refractivity contribution in [1.29, 1.82) is 0 Å². The van der Waals surface area contributed by atoms with Crippen molar-refractivity contribution in [2.24, 2.45) is 0 Å². The predicted molar refractivity (Wildman–Crippen MR) is 85.2 cm³/mol. The molecule has 2 N–H and O–H groups in total. The molecule has 0 aliphatic carbocycles. The maximum Gasteiger partial charge on any atom is 0.179 e. The molecular weight excluding hydrogens is 278 g/mol. The molecule has 4 nitrogen and oxygen atoms in total. The first-order valence-electron chi connectivity index (χ1n) is 6.18. The van der Waals surface area contributed by atoms with Gasteiger partial charge >= 0.3 is 0 Å². The second-order valence-electron chi connectivity index (χ2n) is 4.53. The smallest absolute Gasteiger partial charge is 0.179 e. The third kappa shape index (κ3) is 3.62. The van der Waals surface area contributed by atoms with Gasteiger partial charge in [0.1, 0.15) is 0 Å². The summed E-state index contributed by atoms with van der Waals surface area (Å²) in [7, 11) is 0. The molecule has 0 amide bonds. The Morgan fingerprint density at radius 1 is 1.37 bits per heavy atom. The summed E-state index contributed by atoms with van der Waals surface area (Å²) in [5.41, 5.74) is 0.948. The van der Waals surface area contributed by atoms with Crippen LogP contribution in [0, 0.1) is 0 Å². The fraction of sp³-hybridized carbons (Fsp3) is 0.385. The monoisotopic (exact) mass is 295 g/mol. The first kappa shape index (κ1) is 14.2. The van der Waals surface area contributed by atoms with E-state index in [1.54, 1.807) is 6.92 Å². The van der Waals surface area contributed by atoms with Crippen LogP contribution >= 0.6 is 24.4 Å². The van der Waals surface area contributed by atoms with Crippen molar-refractivity contribution >= 4 is 40.3 Å². The van der Waals surface area contributed by atoms with Gasteiger partial charge in [0.05, 0.1) is 6.10 Å². The molecule has 1 heterocycles. The second kappa shape index (κ2) is 6.27. The number of anilines is 1. The first-order valence-corrected chi connectivity index (χ1v) is 7.00. The summed E-state index contributed by atoms with van der Waals surface area (Å²) in [6.07, 6.45) is -0.395. The number of nitrogens with zero attached hydrogens (tertiary/aromatic N) is 2. The summed E-state index contributed by atoms with van der Waals surface area (Å²) < 4.78 is 0. The molecule has 0 bridgehead atoms.